The molecule has 0 bridgehead atoms. The van der Waals surface area contributed by atoms with Gasteiger partial charge in [-0.1, -0.05) is 27.5 Å². The molecule has 1 unspecified atom stereocenters. The zero-order valence-corrected chi connectivity index (χ0v) is 12.4. The van der Waals surface area contributed by atoms with E-state index in [4.69, 9.17) is 11.6 Å². The van der Waals surface area contributed by atoms with Gasteiger partial charge >= 0.3 is 0 Å². The van der Waals surface area contributed by atoms with Crippen molar-refractivity contribution >= 4 is 33.4 Å². The van der Waals surface area contributed by atoms with Gasteiger partial charge in [0, 0.05) is 10.5 Å². The fraction of sp³-hybridized carbons (Fsp3) is 0.462. The molecule has 1 atom stereocenters. The van der Waals surface area contributed by atoms with Gasteiger partial charge in [0.05, 0.1) is 10.6 Å². The molecule has 0 aliphatic carbocycles. The number of benzene rings is 1. The number of carbonyl (C=O) groups is 1. The smallest absolute Gasteiger partial charge is 0.253 e. The van der Waals surface area contributed by atoms with Crippen LogP contribution in [0.5, 0.6) is 0 Å². The quantitative estimate of drug-likeness (QED) is 0.875. The van der Waals surface area contributed by atoms with Crippen LogP contribution in [0.25, 0.3) is 0 Å². The van der Waals surface area contributed by atoms with Gasteiger partial charge in [0.2, 0.25) is 0 Å². The van der Waals surface area contributed by atoms with Gasteiger partial charge < -0.3 is 10.6 Å². The molecule has 1 aliphatic heterocycles. The summed E-state index contributed by atoms with van der Waals surface area (Å²) in [6, 6.07) is 5.55. The average Bonchev–Trinajstić information content (AvgIpc) is 2.61. The molecule has 1 fully saturated rings. The molecule has 0 aromatic heterocycles. The van der Waals surface area contributed by atoms with E-state index in [0.29, 0.717) is 10.6 Å². The highest BCUT2D eigenvalue weighted by Crippen LogP contribution is 2.21. The fourth-order valence-electron chi connectivity index (χ4n) is 2.10. The molecule has 5 heteroatoms. The third-order valence-corrected chi connectivity index (χ3v) is 3.91. The van der Waals surface area contributed by atoms with Crippen molar-refractivity contribution in [1.82, 2.24) is 10.6 Å². The SMILES string of the molecule is O=C(NC1CCCNCC1)c1cc(Br)ccc1Cl. The molecule has 1 amide bonds. The summed E-state index contributed by atoms with van der Waals surface area (Å²) < 4.78 is 0.861. The lowest BCUT2D eigenvalue weighted by molar-refractivity contribution is 0.0934. The minimum atomic E-state index is -0.0896. The lowest BCUT2D eigenvalue weighted by Gasteiger charge is -2.16. The Labute approximate surface area is 120 Å². The van der Waals surface area contributed by atoms with E-state index in [1.54, 1.807) is 12.1 Å². The van der Waals surface area contributed by atoms with Crippen LogP contribution in [0.1, 0.15) is 29.6 Å². The normalized spacial score (nSPS) is 20.2. The number of nitrogens with one attached hydrogen (secondary N) is 2. The molecule has 2 rings (SSSR count). The summed E-state index contributed by atoms with van der Waals surface area (Å²) in [7, 11) is 0. The summed E-state index contributed by atoms with van der Waals surface area (Å²) in [6.07, 6.45) is 3.08. The second-order valence-electron chi connectivity index (χ2n) is 4.48. The van der Waals surface area contributed by atoms with Crippen molar-refractivity contribution in [2.24, 2.45) is 0 Å². The predicted molar refractivity (Wildman–Crippen MR) is 77.1 cm³/mol. The van der Waals surface area contributed by atoms with E-state index in [2.05, 4.69) is 26.6 Å². The van der Waals surface area contributed by atoms with E-state index in [-0.39, 0.29) is 11.9 Å². The first-order valence-electron chi connectivity index (χ1n) is 6.13. The average molecular weight is 332 g/mol. The summed E-state index contributed by atoms with van der Waals surface area (Å²) in [5.41, 5.74) is 0.531. The number of hydrogen-bond acceptors (Lipinski definition) is 2. The van der Waals surface area contributed by atoms with Gasteiger partial charge in [-0.3, -0.25) is 4.79 Å². The third-order valence-electron chi connectivity index (χ3n) is 3.08. The van der Waals surface area contributed by atoms with E-state index in [1.807, 2.05) is 6.07 Å². The standard InChI is InChI=1S/C13H16BrClN2O/c14-9-3-4-12(15)11(8-9)13(18)17-10-2-1-6-16-7-5-10/h3-4,8,10,16H,1-2,5-7H2,(H,17,18). The zero-order valence-electron chi connectivity index (χ0n) is 10.0. The number of halogens is 2. The number of hydrogen-bond donors (Lipinski definition) is 2. The Hall–Kier alpha value is -0.580. The van der Waals surface area contributed by atoms with Gasteiger partial charge in [-0.15, -0.1) is 0 Å². The Morgan fingerprint density at radius 1 is 1.39 bits per heavy atom. The van der Waals surface area contributed by atoms with Crippen LogP contribution in [-0.2, 0) is 0 Å². The molecular formula is C13H16BrClN2O. The van der Waals surface area contributed by atoms with E-state index >= 15 is 0 Å². The van der Waals surface area contributed by atoms with Crippen molar-refractivity contribution in [3.05, 3.63) is 33.3 Å². The van der Waals surface area contributed by atoms with Gasteiger partial charge in [-0.2, -0.15) is 0 Å². The number of rotatable bonds is 2. The van der Waals surface area contributed by atoms with E-state index < -0.39 is 0 Å². The van der Waals surface area contributed by atoms with Crippen LogP contribution < -0.4 is 10.6 Å². The molecule has 1 aliphatic rings. The lowest BCUT2D eigenvalue weighted by atomic mass is 10.1. The van der Waals surface area contributed by atoms with Crippen molar-refractivity contribution in [1.29, 1.82) is 0 Å². The molecule has 0 saturated carbocycles. The monoisotopic (exact) mass is 330 g/mol. The first-order valence-corrected chi connectivity index (χ1v) is 7.30. The molecule has 18 heavy (non-hydrogen) atoms. The van der Waals surface area contributed by atoms with Crippen molar-refractivity contribution < 1.29 is 4.79 Å². The summed E-state index contributed by atoms with van der Waals surface area (Å²) in [5.74, 6) is -0.0896. The summed E-state index contributed by atoms with van der Waals surface area (Å²) >= 11 is 9.40. The maximum Gasteiger partial charge on any atom is 0.253 e. The molecule has 1 saturated heterocycles. The van der Waals surface area contributed by atoms with Gasteiger partial charge in [-0.25, -0.2) is 0 Å². The zero-order chi connectivity index (χ0) is 13.0. The van der Waals surface area contributed by atoms with Crippen molar-refractivity contribution in [2.45, 2.75) is 25.3 Å². The van der Waals surface area contributed by atoms with Crippen LogP contribution in [0, 0.1) is 0 Å². The van der Waals surface area contributed by atoms with E-state index in [1.165, 1.54) is 0 Å². The molecule has 1 heterocycles. The van der Waals surface area contributed by atoms with Crippen molar-refractivity contribution in [3.8, 4) is 0 Å². The first-order chi connectivity index (χ1) is 8.66. The van der Waals surface area contributed by atoms with Gasteiger partial charge in [-0.05, 0) is 50.6 Å². The van der Waals surface area contributed by atoms with Crippen molar-refractivity contribution in [3.63, 3.8) is 0 Å². The van der Waals surface area contributed by atoms with Crippen LogP contribution >= 0.6 is 27.5 Å². The summed E-state index contributed by atoms with van der Waals surface area (Å²) in [5, 5.41) is 6.87. The highest BCUT2D eigenvalue weighted by molar-refractivity contribution is 9.10. The number of amides is 1. The maximum atomic E-state index is 12.2. The van der Waals surface area contributed by atoms with Gasteiger partial charge in [0.15, 0.2) is 0 Å². The highest BCUT2D eigenvalue weighted by atomic mass is 79.9. The minimum Gasteiger partial charge on any atom is -0.349 e. The van der Waals surface area contributed by atoms with Crippen LogP contribution in [0.3, 0.4) is 0 Å². The van der Waals surface area contributed by atoms with E-state index in [0.717, 1.165) is 36.8 Å². The molecule has 1 aromatic carbocycles. The number of carbonyl (C=O) groups excluding carboxylic acids is 1. The molecule has 98 valence electrons. The predicted octanol–water partition coefficient (Wildman–Crippen LogP) is 2.97. The Morgan fingerprint density at radius 3 is 3.06 bits per heavy atom. The summed E-state index contributed by atoms with van der Waals surface area (Å²) in [4.78, 5) is 12.2. The second-order valence-corrected chi connectivity index (χ2v) is 5.80. The van der Waals surface area contributed by atoms with Crippen LogP contribution in [0.4, 0.5) is 0 Å². The van der Waals surface area contributed by atoms with Gasteiger partial charge in [0.25, 0.3) is 5.91 Å². The maximum absolute atomic E-state index is 12.2. The first kappa shape index (κ1) is 13.8. The largest absolute Gasteiger partial charge is 0.349 e. The molecular weight excluding hydrogens is 316 g/mol. The second kappa shape index (κ2) is 6.55. The van der Waals surface area contributed by atoms with Crippen LogP contribution in [-0.4, -0.2) is 25.0 Å². The Kier molecular flexibility index (Phi) is 5.03. The van der Waals surface area contributed by atoms with Crippen LogP contribution in [0.15, 0.2) is 22.7 Å². The topological polar surface area (TPSA) is 41.1 Å². The summed E-state index contributed by atoms with van der Waals surface area (Å²) in [6.45, 7) is 1.99. The fourth-order valence-corrected chi connectivity index (χ4v) is 2.66. The third kappa shape index (κ3) is 3.70. The van der Waals surface area contributed by atoms with Crippen molar-refractivity contribution in [2.75, 3.05) is 13.1 Å². The lowest BCUT2D eigenvalue weighted by Crippen LogP contribution is -2.35. The Morgan fingerprint density at radius 2 is 2.22 bits per heavy atom. The van der Waals surface area contributed by atoms with E-state index in [9.17, 15) is 4.79 Å². The molecule has 0 spiro atoms. The highest BCUT2D eigenvalue weighted by Gasteiger charge is 2.17. The van der Waals surface area contributed by atoms with Crippen LogP contribution in [0.2, 0.25) is 5.02 Å². The molecule has 2 N–H and O–H groups in total. The van der Waals surface area contributed by atoms with Gasteiger partial charge in [0.1, 0.15) is 0 Å². The molecule has 1 aromatic rings. The Bertz CT molecular complexity index is 431. The molecule has 3 nitrogen and oxygen atoms in total. The molecule has 0 radical (unpaired) electrons. The Balaban J connectivity index is 2.04. The minimum absolute atomic E-state index is 0.0896.